The van der Waals surface area contributed by atoms with Gasteiger partial charge in [-0.2, -0.15) is 0 Å². The Balaban J connectivity index is 2.58. The molecule has 106 valence electrons. The second-order valence-corrected chi connectivity index (χ2v) is 7.88. The van der Waals surface area contributed by atoms with Gasteiger partial charge in [0, 0.05) is 18.5 Å². The van der Waals surface area contributed by atoms with E-state index in [1.54, 1.807) is 38.1 Å². The Morgan fingerprint density at radius 1 is 1.37 bits per heavy atom. The monoisotopic (exact) mass is 284 g/mol. The molecule has 5 nitrogen and oxygen atoms in total. The fraction of sp³-hybridized carbons (Fsp3) is 0.462. The van der Waals surface area contributed by atoms with Gasteiger partial charge in [-0.1, -0.05) is 12.1 Å². The van der Waals surface area contributed by atoms with E-state index in [-0.39, 0.29) is 18.9 Å². The number of hydrogen-bond donors (Lipinski definition) is 2. The molecule has 1 aromatic rings. The van der Waals surface area contributed by atoms with Crippen molar-refractivity contribution in [2.75, 3.05) is 18.5 Å². The van der Waals surface area contributed by atoms with Gasteiger partial charge < -0.3 is 11.1 Å². The number of sulfone groups is 1. The number of amides is 1. The zero-order chi connectivity index (χ0) is 14.7. The number of carbonyl (C=O) groups is 1. The van der Waals surface area contributed by atoms with E-state index in [9.17, 15) is 13.2 Å². The largest absolute Gasteiger partial charge is 0.399 e. The highest BCUT2D eigenvalue weighted by Gasteiger charge is 2.30. The summed E-state index contributed by atoms with van der Waals surface area (Å²) < 4.78 is 22.0. The van der Waals surface area contributed by atoms with Gasteiger partial charge in [0.05, 0.1) is 11.2 Å². The van der Waals surface area contributed by atoms with E-state index in [1.807, 2.05) is 0 Å². The minimum Gasteiger partial charge on any atom is -0.399 e. The first-order valence-electron chi connectivity index (χ1n) is 5.92. The maximum atomic E-state index is 11.8. The fourth-order valence-electron chi connectivity index (χ4n) is 1.39. The number of benzene rings is 1. The molecule has 19 heavy (non-hydrogen) atoms. The Morgan fingerprint density at radius 3 is 2.53 bits per heavy atom. The summed E-state index contributed by atoms with van der Waals surface area (Å²) >= 11 is 0. The quantitative estimate of drug-likeness (QED) is 0.781. The predicted molar refractivity (Wildman–Crippen MR) is 76.5 cm³/mol. The van der Waals surface area contributed by atoms with Gasteiger partial charge in [0.15, 0.2) is 9.84 Å². The maximum absolute atomic E-state index is 11.8. The van der Waals surface area contributed by atoms with Gasteiger partial charge in [0.2, 0.25) is 5.91 Å². The summed E-state index contributed by atoms with van der Waals surface area (Å²) in [7, 11) is -3.21. The first kappa shape index (κ1) is 15.5. The van der Waals surface area contributed by atoms with E-state index in [1.165, 1.54) is 0 Å². The Labute approximate surface area is 114 Å². The Morgan fingerprint density at radius 2 is 2.00 bits per heavy atom. The van der Waals surface area contributed by atoms with Crippen LogP contribution in [0.15, 0.2) is 24.3 Å². The van der Waals surface area contributed by atoms with E-state index in [0.717, 1.165) is 11.8 Å². The zero-order valence-electron chi connectivity index (χ0n) is 11.4. The average molecular weight is 284 g/mol. The van der Waals surface area contributed by atoms with Crippen LogP contribution in [0.1, 0.15) is 19.4 Å². The third-order valence-corrected chi connectivity index (χ3v) is 5.18. The summed E-state index contributed by atoms with van der Waals surface area (Å²) in [5, 5.41) is 2.64. The second-order valence-electron chi connectivity index (χ2n) is 5.23. The number of nitrogens with one attached hydrogen (secondary N) is 1. The molecule has 0 aliphatic carbocycles. The molecule has 0 bridgehead atoms. The highest BCUT2D eigenvalue weighted by Crippen LogP contribution is 2.13. The van der Waals surface area contributed by atoms with Crippen molar-refractivity contribution < 1.29 is 13.2 Å². The molecule has 1 aromatic carbocycles. The number of rotatable bonds is 5. The van der Waals surface area contributed by atoms with Crippen LogP contribution in [-0.4, -0.2) is 31.9 Å². The molecule has 0 aromatic heterocycles. The standard InChI is InChI=1S/C13H20N2O3S/c1-13(2,19(3,17)18)9-15-12(16)8-10-5-4-6-11(14)7-10/h4-7H,8-9,14H2,1-3H3,(H,15,16). The van der Waals surface area contributed by atoms with Crippen LogP contribution >= 0.6 is 0 Å². The first-order chi connectivity index (χ1) is 8.62. The Hall–Kier alpha value is -1.56. The van der Waals surface area contributed by atoms with Crippen molar-refractivity contribution in [1.29, 1.82) is 0 Å². The minimum atomic E-state index is -3.21. The number of hydrogen-bond acceptors (Lipinski definition) is 4. The summed E-state index contributed by atoms with van der Waals surface area (Å²) in [5.74, 6) is -0.220. The number of carbonyl (C=O) groups excluding carboxylic acids is 1. The molecule has 0 unspecified atom stereocenters. The predicted octanol–water partition coefficient (Wildman–Crippen LogP) is 0.751. The molecule has 0 atom stereocenters. The summed E-state index contributed by atoms with van der Waals surface area (Å²) in [6, 6.07) is 7.05. The molecule has 0 heterocycles. The van der Waals surface area contributed by atoms with Crippen molar-refractivity contribution in [3.63, 3.8) is 0 Å². The third-order valence-electron chi connectivity index (χ3n) is 3.03. The lowest BCUT2D eigenvalue weighted by Gasteiger charge is -2.22. The van der Waals surface area contributed by atoms with Crippen molar-refractivity contribution in [3.8, 4) is 0 Å². The van der Waals surface area contributed by atoms with Crippen molar-refractivity contribution in [3.05, 3.63) is 29.8 Å². The van der Waals surface area contributed by atoms with E-state index < -0.39 is 14.6 Å². The molecule has 0 saturated heterocycles. The molecule has 0 radical (unpaired) electrons. The molecule has 0 saturated carbocycles. The molecule has 1 rings (SSSR count). The zero-order valence-corrected chi connectivity index (χ0v) is 12.3. The summed E-state index contributed by atoms with van der Waals surface area (Å²) in [5.41, 5.74) is 7.02. The van der Waals surface area contributed by atoms with Crippen LogP contribution in [0.4, 0.5) is 5.69 Å². The molecule has 0 aliphatic rings. The summed E-state index contributed by atoms with van der Waals surface area (Å²) in [6.07, 6.45) is 1.35. The lowest BCUT2D eigenvalue weighted by molar-refractivity contribution is -0.120. The SMILES string of the molecule is CC(C)(CNC(=O)Cc1cccc(N)c1)S(C)(=O)=O. The van der Waals surface area contributed by atoms with E-state index in [4.69, 9.17) is 5.73 Å². The van der Waals surface area contributed by atoms with Crippen LogP contribution in [0, 0.1) is 0 Å². The molecule has 6 heteroatoms. The van der Waals surface area contributed by atoms with Gasteiger partial charge >= 0.3 is 0 Å². The highest BCUT2D eigenvalue weighted by atomic mass is 32.2. The summed E-state index contributed by atoms with van der Waals surface area (Å²) in [4.78, 5) is 11.8. The van der Waals surface area contributed by atoms with E-state index in [0.29, 0.717) is 5.69 Å². The van der Waals surface area contributed by atoms with E-state index >= 15 is 0 Å². The van der Waals surface area contributed by atoms with Crippen LogP contribution < -0.4 is 11.1 Å². The topological polar surface area (TPSA) is 89.3 Å². The van der Waals surface area contributed by atoms with Gasteiger partial charge in [-0.25, -0.2) is 8.42 Å². The molecule has 3 N–H and O–H groups in total. The molecule has 0 aliphatic heterocycles. The normalized spacial score (nSPS) is 12.2. The number of nitrogens with two attached hydrogens (primary N) is 1. The van der Waals surface area contributed by atoms with Crippen molar-refractivity contribution in [2.24, 2.45) is 0 Å². The fourth-order valence-corrected chi connectivity index (χ4v) is 1.73. The highest BCUT2D eigenvalue weighted by molar-refractivity contribution is 7.92. The Kier molecular flexibility index (Phi) is 4.57. The van der Waals surface area contributed by atoms with Crippen LogP contribution in [0.2, 0.25) is 0 Å². The van der Waals surface area contributed by atoms with Crippen molar-refractivity contribution >= 4 is 21.4 Å². The molecule has 1 amide bonds. The van der Waals surface area contributed by atoms with Gasteiger partial charge in [0.25, 0.3) is 0 Å². The summed E-state index contributed by atoms with van der Waals surface area (Å²) in [6.45, 7) is 3.26. The number of anilines is 1. The smallest absolute Gasteiger partial charge is 0.224 e. The van der Waals surface area contributed by atoms with Crippen LogP contribution in [-0.2, 0) is 21.1 Å². The van der Waals surface area contributed by atoms with Gasteiger partial charge in [0.1, 0.15) is 0 Å². The van der Waals surface area contributed by atoms with E-state index in [2.05, 4.69) is 5.32 Å². The van der Waals surface area contributed by atoms with Crippen LogP contribution in [0.5, 0.6) is 0 Å². The average Bonchev–Trinajstić information content (AvgIpc) is 2.25. The third kappa shape index (κ3) is 4.55. The molecule has 0 fully saturated rings. The minimum absolute atomic E-state index is 0.0903. The maximum Gasteiger partial charge on any atom is 0.224 e. The first-order valence-corrected chi connectivity index (χ1v) is 7.82. The molecule has 0 spiro atoms. The Bertz CT molecular complexity index is 565. The molecular formula is C13H20N2O3S. The lowest BCUT2D eigenvalue weighted by atomic mass is 10.1. The van der Waals surface area contributed by atoms with Crippen molar-refractivity contribution in [1.82, 2.24) is 5.32 Å². The van der Waals surface area contributed by atoms with Gasteiger partial charge in [-0.3, -0.25) is 4.79 Å². The second kappa shape index (κ2) is 5.61. The van der Waals surface area contributed by atoms with Crippen LogP contribution in [0.3, 0.4) is 0 Å². The van der Waals surface area contributed by atoms with Gasteiger partial charge in [-0.05, 0) is 31.5 Å². The number of nitrogen functional groups attached to an aromatic ring is 1. The lowest BCUT2D eigenvalue weighted by Crippen LogP contribution is -2.44. The molecular weight excluding hydrogens is 264 g/mol. The van der Waals surface area contributed by atoms with Gasteiger partial charge in [-0.15, -0.1) is 0 Å². The van der Waals surface area contributed by atoms with Crippen LogP contribution in [0.25, 0.3) is 0 Å². The van der Waals surface area contributed by atoms with Crippen molar-refractivity contribution in [2.45, 2.75) is 25.0 Å².